The van der Waals surface area contributed by atoms with Gasteiger partial charge in [-0.3, -0.25) is 13.9 Å². The minimum atomic E-state index is -0.416. The van der Waals surface area contributed by atoms with Crippen LogP contribution >= 0.6 is 0 Å². The van der Waals surface area contributed by atoms with Crippen LogP contribution in [0.1, 0.15) is 32.2 Å². The van der Waals surface area contributed by atoms with E-state index in [0.29, 0.717) is 42.4 Å². The monoisotopic (exact) mass is 426 g/mol. The minimum Gasteiger partial charge on any atom is -0.482 e. The van der Waals surface area contributed by atoms with Crippen molar-refractivity contribution in [1.29, 1.82) is 0 Å². The van der Waals surface area contributed by atoms with Crippen LogP contribution in [-0.4, -0.2) is 37.9 Å². The minimum absolute atomic E-state index is 0.142. The highest BCUT2D eigenvalue weighted by Gasteiger charge is 2.17. The number of esters is 1. The molecule has 0 spiro atoms. The van der Waals surface area contributed by atoms with Crippen molar-refractivity contribution < 1.29 is 14.3 Å². The van der Waals surface area contributed by atoms with Crippen LogP contribution in [0.25, 0.3) is 23.3 Å². The summed E-state index contributed by atoms with van der Waals surface area (Å²) >= 11 is 0. The first kappa shape index (κ1) is 22.1. The zero-order chi connectivity index (χ0) is 22.5. The van der Waals surface area contributed by atoms with Crippen LogP contribution < -0.4 is 16.0 Å². The Morgan fingerprint density at radius 1 is 1.03 bits per heavy atom. The van der Waals surface area contributed by atoms with Crippen molar-refractivity contribution >= 4 is 29.3 Å². The third-order valence-electron chi connectivity index (χ3n) is 4.88. The fourth-order valence-electron chi connectivity index (χ4n) is 3.28. The Balaban J connectivity index is 1.87. The summed E-state index contributed by atoms with van der Waals surface area (Å²) in [4.78, 5) is 41.2. The molecule has 0 aliphatic rings. The Labute approximate surface area is 179 Å². The molecular weight excluding hydrogens is 400 g/mol. The third-order valence-corrected chi connectivity index (χ3v) is 4.88. The maximum absolute atomic E-state index is 12.8. The molecule has 0 aliphatic heterocycles. The van der Waals surface area contributed by atoms with E-state index in [4.69, 9.17) is 9.47 Å². The molecule has 0 atom stereocenters. The smallest absolute Gasteiger partial charge is 0.344 e. The molecule has 3 aromatic rings. The van der Waals surface area contributed by atoms with Crippen molar-refractivity contribution in [2.45, 2.75) is 33.9 Å². The third kappa shape index (κ3) is 4.45. The summed E-state index contributed by atoms with van der Waals surface area (Å²) in [5.41, 5.74) is 0.964. The lowest BCUT2D eigenvalue weighted by Crippen LogP contribution is -2.39. The van der Waals surface area contributed by atoms with Crippen LogP contribution in [-0.2, 0) is 29.7 Å². The highest BCUT2D eigenvalue weighted by molar-refractivity contribution is 5.76. The van der Waals surface area contributed by atoms with Gasteiger partial charge in [0.25, 0.3) is 5.56 Å². The molecule has 0 bridgehead atoms. The Morgan fingerprint density at radius 3 is 2.32 bits per heavy atom. The summed E-state index contributed by atoms with van der Waals surface area (Å²) in [5.74, 6) is 0.700. The van der Waals surface area contributed by atoms with Crippen molar-refractivity contribution in [2.24, 2.45) is 7.05 Å². The predicted molar refractivity (Wildman–Crippen MR) is 118 cm³/mol. The summed E-state index contributed by atoms with van der Waals surface area (Å²) < 4.78 is 14.6. The van der Waals surface area contributed by atoms with Crippen molar-refractivity contribution in [1.82, 2.24) is 18.7 Å². The number of fused-ring (bicyclic) bond motifs is 1. The zero-order valence-electron chi connectivity index (χ0n) is 18.1. The van der Waals surface area contributed by atoms with E-state index >= 15 is 0 Å². The molecule has 2 aromatic heterocycles. The van der Waals surface area contributed by atoms with Gasteiger partial charge in [0.15, 0.2) is 17.8 Å². The van der Waals surface area contributed by atoms with Gasteiger partial charge in [0.2, 0.25) is 0 Å². The van der Waals surface area contributed by atoms with Gasteiger partial charge >= 0.3 is 11.7 Å². The predicted octanol–water partition coefficient (Wildman–Crippen LogP) is 2.05. The van der Waals surface area contributed by atoms with Crippen LogP contribution in [0, 0.1) is 0 Å². The zero-order valence-corrected chi connectivity index (χ0v) is 18.1. The molecule has 0 N–H and O–H groups in total. The molecule has 0 unspecified atom stereocenters. The number of hydrogen-bond donors (Lipinski definition) is 0. The first-order valence-corrected chi connectivity index (χ1v) is 10.2. The molecule has 0 radical (unpaired) electrons. The maximum Gasteiger partial charge on any atom is 0.344 e. The fourth-order valence-corrected chi connectivity index (χ4v) is 3.28. The van der Waals surface area contributed by atoms with E-state index in [-0.39, 0.29) is 17.9 Å². The van der Waals surface area contributed by atoms with Crippen molar-refractivity contribution in [3.05, 3.63) is 56.5 Å². The lowest BCUT2D eigenvalue weighted by Gasteiger charge is -2.08. The number of carbonyl (C=O) groups excluding carboxylic acids is 1. The molecule has 0 amide bonds. The van der Waals surface area contributed by atoms with Crippen LogP contribution in [0.15, 0.2) is 33.9 Å². The number of rotatable bonds is 8. The lowest BCUT2D eigenvalue weighted by molar-refractivity contribution is -0.145. The normalized spacial score (nSPS) is 11.4. The summed E-state index contributed by atoms with van der Waals surface area (Å²) in [5, 5.41) is 0. The van der Waals surface area contributed by atoms with Gasteiger partial charge in [-0.25, -0.2) is 14.6 Å². The van der Waals surface area contributed by atoms with Crippen molar-refractivity contribution in [3.8, 4) is 5.75 Å². The number of benzene rings is 1. The standard InChI is InChI=1S/C22H26N4O5/c1-5-25-20-19(21(28)26(6-2)22(25)29)24(4)17(23-20)13-10-15-8-11-16(12-9-15)31-14-18(27)30-7-3/h8-13H,5-7,14H2,1-4H3. The number of nitrogens with zero attached hydrogens (tertiary/aromatic N) is 4. The topological polar surface area (TPSA) is 97.4 Å². The van der Waals surface area contributed by atoms with Crippen LogP contribution in [0.3, 0.4) is 0 Å². The highest BCUT2D eigenvalue weighted by atomic mass is 16.6. The molecule has 0 saturated heterocycles. The van der Waals surface area contributed by atoms with Crippen molar-refractivity contribution in [2.75, 3.05) is 13.2 Å². The summed E-state index contributed by atoms with van der Waals surface area (Å²) in [6, 6.07) is 7.18. The molecule has 9 heteroatoms. The number of hydrogen-bond acceptors (Lipinski definition) is 6. The molecule has 0 saturated carbocycles. The van der Waals surface area contributed by atoms with Gasteiger partial charge < -0.3 is 14.0 Å². The number of imidazole rings is 1. The Kier molecular flexibility index (Phi) is 6.74. The van der Waals surface area contributed by atoms with Gasteiger partial charge in [-0.2, -0.15) is 0 Å². The molecule has 0 aliphatic carbocycles. The second kappa shape index (κ2) is 9.46. The largest absolute Gasteiger partial charge is 0.482 e. The fraction of sp³-hybridized carbons (Fsp3) is 0.364. The second-order valence-corrected chi connectivity index (χ2v) is 6.77. The molecule has 2 heterocycles. The number of ether oxygens (including phenoxy) is 2. The Morgan fingerprint density at radius 2 is 1.71 bits per heavy atom. The summed E-state index contributed by atoms with van der Waals surface area (Å²) in [7, 11) is 1.76. The maximum atomic E-state index is 12.8. The van der Waals surface area contributed by atoms with Gasteiger partial charge in [-0.15, -0.1) is 0 Å². The molecule has 3 rings (SSSR count). The Hall–Kier alpha value is -3.62. The van der Waals surface area contributed by atoms with Gasteiger partial charge in [0.05, 0.1) is 6.61 Å². The molecule has 9 nitrogen and oxygen atoms in total. The second-order valence-electron chi connectivity index (χ2n) is 6.77. The quantitative estimate of drug-likeness (QED) is 0.512. The molecule has 31 heavy (non-hydrogen) atoms. The van der Waals surface area contributed by atoms with E-state index in [1.807, 2.05) is 25.1 Å². The van der Waals surface area contributed by atoms with Crippen molar-refractivity contribution in [3.63, 3.8) is 0 Å². The number of carbonyl (C=O) groups is 1. The van der Waals surface area contributed by atoms with Crippen LogP contribution in [0.4, 0.5) is 0 Å². The molecule has 0 fully saturated rings. The first-order valence-electron chi connectivity index (χ1n) is 10.2. The summed E-state index contributed by atoms with van der Waals surface area (Å²) in [6.07, 6.45) is 3.64. The average Bonchev–Trinajstić information content (AvgIpc) is 3.08. The molecule has 1 aromatic carbocycles. The van der Waals surface area contributed by atoms with E-state index in [9.17, 15) is 14.4 Å². The van der Waals surface area contributed by atoms with Gasteiger partial charge in [-0.1, -0.05) is 18.2 Å². The van der Waals surface area contributed by atoms with Crippen LogP contribution in [0.5, 0.6) is 5.75 Å². The number of aryl methyl sites for hydroxylation is 2. The SMILES string of the molecule is CCOC(=O)COc1ccc(C=Cc2nc3c(c(=O)n(CC)c(=O)n3CC)n2C)cc1. The molecule has 164 valence electrons. The van der Waals surface area contributed by atoms with E-state index in [2.05, 4.69) is 4.98 Å². The van der Waals surface area contributed by atoms with E-state index in [1.165, 1.54) is 9.13 Å². The summed E-state index contributed by atoms with van der Waals surface area (Å²) in [6.45, 7) is 6.25. The first-order chi connectivity index (χ1) is 14.9. The Bertz CT molecular complexity index is 1230. The lowest BCUT2D eigenvalue weighted by atomic mass is 10.2. The average molecular weight is 426 g/mol. The van der Waals surface area contributed by atoms with E-state index in [0.717, 1.165) is 5.56 Å². The highest BCUT2D eigenvalue weighted by Crippen LogP contribution is 2.16. The molecular formula is C22H26N4O5. The van der Waals surface area contributed by atoms with Crippen LogP contribution in [0.2, 0.25) is 0 Å². The number of aromatic nitrogens is 4. The van der Waals surface area contributed by atoms with Gasteiger partial charge in [-0.05, 0) is 44.5 Å². The van der Waals surface area contributed by atoms with E-state index in [1.54, 1.807) is 43.7 Å². The van der Waals surface area contributed by atoms with E-state index < -0.39 is 5.97 Å². The van der Waals surface area contributed by atoms with Gasteiger partial charge in [0.1, 0.15) is 11.6 Å². The van der Waals surface area contributed by atoms with Gasteiger partial charge in [0, 0.05) is 20.1 Å².